The quantitative estimate of drug-likeness (QED) is 0.231. The van der Waals surface area contributed by atoms with Crippen molar-refractivity contribution in [1.29, 1.82) is 0 Å². The highest BCUT2D eigenvalue weighted by Gasteiger charge is 2.25. The molecule has 7 nitrogen and oxygen atoms in total. The number of nitrogens with zero attached hydrogens (tertiary/aromatic N) is 5. The number of nitrogens with one attached hydrogen (secondary N) is 1. The molecular weight excluding hydrogens is 568 g/mol. The van der Waals surface area contributed by atoms with Gasteiger partial charge in [0, 0.05) is 21.1 Å². The van der Waals surface area contributed by atoms with Crippen molar-refractivity contribution in [3.63, 3.8) is 0 Å². The zero-order valence-electron chi connectivity index (χ0n) is 19.4. The summed E-state index contributed by atoms with van der Waals surface area (Å²) in [5.74, 6) is 0.116. The predicted molar refractivity (Wildman–Crippen MR) is 152 cm³/mol. The topological polar surface area (TPSA) is 85.1 Å². The van der Waals surface area contributed by atoms with E-state index in [1.165, 1.54) is 22.9 Å². The van der Waals surface area contributed by atoms with E-state index < -0.39 is 0 Å². The number of amides is 1. The maximum Gasteiger partial charge on any atom is 0.234 e. The fourth-order valence-corrected chi connectivity index (χ4v) is 7.03. The van der Waals surface area contributed by atoms with Gasteiger partial charge >= 0.3 is 0 Å². The molecule has 0 saturated carbocycles. The Kier molecular flexibility index (Phi) is 5.67. The Bertz CT molecular complexity index is 1810. The van der Waals surface area contributed by atoms with Gasteiger partial charge in [-0.3, -0.25) is 9.20 Å². The van der Waals surface area contributed by atoms with Crippen molar-refractivity contribution in [3.8, 4) is 11.3 Å². The molecule has 182 valence electrons. The second kappa shape index (κ2) is 9.20. The maximum atomic E-state index is 12.5. The molecule has 0 spiro atoms. The van der Waals surface area contributed by atoms with Gasteiger partial charge in [-0.1, -0.05) is 58.0 Å². The molecule has 1 amide bonds. The molecule has 0 saturated heterocycles. The van der Waals surface area contributed by atoms with Crippen molar-refractivity contribution in [2.45, 2.75) is 24.4 Å². The average molecular weight is 588 g/mol. The molecule has 1 N–H and O–H groups in total. The standard InChI is InChI=1S/C27H19BrN6OS2/c28-16-9-11-17(12-10-16)30-20(35)13-36-27-33-32-25-24-23(29-14-34(25)27)21-18-7-4-8-19(18)22(31-26(21)37-24)15-5-2-1-3-6-15/h1-3,5-6,9-12,14H,4,7-8,13H2,(H,30,35). The molecule has 4 heterocycles. The van der Waals surface area contributed by atoms with Crippen LogP contribution in [0.2, 0.25) is 0 Å². The van der Waals surface area contributed by atoms with Crippen molar-refractivity contribution in [1.82, 2.24) is 24.6 Å². The number of anilines is 1. The van der Waals surface area contributed by atoms with Gasteiger partial charge in [-0.2, -0.15) is 0 Å². The van der Waals surface area contributed by atoms with Gasteiger partial charge in [-0.05, 0) is 54.7 Å². The average Bonchev–Trinajstić information content (AvgIpc) is 3.65. The SMILES string of the molecule is O=C(CSc1nnc2c3sc4nc(-c5ccccc5)c5c(c4c3ncn12)CCC5)Nc1ccc(Br)cc1. The van der Waals surface area contributed by atoms with Crippen LogP contribution in [0.1, 0.15) is 17.5 Å². The van der Waals surface area contributed by atoms with Gasteiger partial charge in [-0.15, -0.1) is 21.5 Å². The minimum atomic E-state index is -0.104. The number of fused-ring (bicyclic) bond motifs is 7. The van der Waals surface area contributed by atoms with E-state index in [4.69, 9.17) is 9.97 Å². The van der Waals surface area contributed by atoms with Crippen LogP contribution in [0.25, 0.3) is 37.3 Å². The maximum absolute atomic E-state index is 12.5. The zero-order valence-corrected chi connectivity index (χ0v) is 22.7. The summed E-state index contributed by atoms with van der Waals surface area (Å²) in [6.45, 7) is 0. The van der Waals surface area contributed by atoms with Crippen LogP contribution >= 0.6 is 39.0 Å². The summed E-state index contributed by atoms with van der Waals surface area (Å²) in [4.78, 5) is 23.5. The lowest BCUT2D eigenvalue weighted by molar-refractivity contribution is -0.113. The molecule has 4 aromatic heterocycles. The van der Waals surface area contributed by atoms with E-state index in [1.807, 2.05) is 34.7 Å². The molecule has 7 rings (SSSR count). The molecule has 2 aromatic carbocycles. The Labute approximate surface area is 228 Å². The van der Waals surface area contributed by atoms with Crippen molar-refractivity contribution < 1.29 is 4.79 Å². The Morgan fingerprint density at radius 2 is 1.86 bits per heavy atom. The minimum Gasteiger partial charge on any atom is -0.325 e. The van der Waals surface area contributed by atoms with Crippen LogP contribution in [0.15, 0.2) is 70.6 Å². The number of rotatable bonds is 5. The number of aryl methyl sites for hydroxylation is 1. The van der Waals surface area contributed by atoms with Crippen LogP contribution in [-0.2, 0) is 17.6 Å². The molecule has 1 aliphatic carbocycles. The molecule has 0 bridgehead atoms. The smallest absolute Gasteiger partial charge is 0.234 e. The molecule has 0 atom stereocenters. The van der Waals surface area contributed by atoms with Crippen LogP contribution in [0.4, 0.5) is 5.69 Å². The molecule has 1 aliphatic rings. The van der Waals surface area contributed by atoms with E-state index in [0.717, 1.165) is 66.8 Å². The van der Waals surface area contributed by atoms with Crippen LogP contribution < -0.4 is 5.32 Å². The van der Waals surface area contributed by atoms with Crippen molar-refractivity contribution in [2.24, 2.45) is 0 Å². The Hall–Kier alpha value is -3.34. The molecule has 6 aromatic rings. The fraction of sp³-hybridized carbons (Fsp3) is 0.148. The molecule has 0 radical (unpaired) electrons. The summed E-state index contributed by atoms with van der Waals surface area (Å²) in [7, 11) is 0. The summed E-state index contributed by atoms with van der Waals surface area (Å²) in [6, 6.07) is 17.9. The van der Waals surface area contributed by atoms with E-state index >= 15 is 0 Å². The van der Waals surface area contributed by atoms with E-state index in [1.54, 1.807) is 17.7 Å². The summed E-state index contributed by atoms with van der Waals surface area (Å²) in [5.41, 5.74) is 7.38. The first-order chi connectivity index (χ1) is 18.2. The second-order valence-electron chi connectivity index (χ2n) is 8.86. The number of thioether (sulfide) groups is 1. The summed E-state index contributed by atoms with van der Waals surface area (Å²) < 4.78 is 3.81. The van der Waals surface area contributed by atoms with Gasteiger partial charge in [0.15, 0.2) is 10.8 Å². The number of benzene rings is 2. The fourth-order valence-electron chi connectivity index (χ4n) is 4.93. The number of carbonyl (C=O) groups excluding carboxylic acids is 1. The van der Waals surface area contributed by atoms with Gasteiger partial charge < -0.3 is 5.32 Å². The first-order valence-corrected chi connectivity index (χ1v) is 14.5. The number of thiophene rings is 1. The molecule has 10 heteroatoms. The highest BCUT2D eigenvalue weighted by atomic mass is 79.9. The number of aromatic nitrogens is 5. The van der Waals surface area contributed by atoms with Crippen LogP contribution in [0.3, 0.4) is 0 Å². The van der Waals surface area contributed by atoms with Gasteiger partial charge in [0.1, 0.15) is 15.9 Å². The molecule has 0 fully saturated rings. The van der Waals surface area contributed by atoms with Gasteiger partial charge in [0.25, 0.3) is 0 Å². The second-order valence-corrected chi connectivity index (χ2v) is 11.7. The lowest BCUT2D eigenvalue weighted by Crippen LogP contribution is -2.14. The first kappa shape index (κ1) is 22.8. The summed E-state index contributed by atoms with van der Waals surface area (Å²) in [5, 5.41) is 13.6. The molecule has 37 heavy (non-hydrogen) atoms. The van der Waals surface area contributed by atoms with Gasteiger partial charge in [0.05, 0.1) is 17.0 Å². The first-order valence-electron chi connectivity index (χ1n) is 11.9. The largest absolute Gasteiger partial charge is 0.325 e. The highest BCUT2D eigenvalue weighted by Crippen LogP contribution is 2.42. The van der Waals surface area contributed by atoms with E-state index in [0.29, 0.717) is 5.16 Å². The Balaban J connectivity index is 1.24. The van der Waals surface area contributed by atoms with Crippen LogP contribution in [-0.4, -0.2) is 36.2 Å². The molecule has 0 unspecified atom stereocenters. The third-order valence-corrected chi connectivity index (χ3v) is 9.10. The van der Waals surface area contributed by atoms with Crippen LogP contribution in [0.5, 0.6) is 0 Å². The zero-order chi connectivity index (χ0) is 24.9. The molecule has 0 aliphatic heterocycles. The third-order valence-electron chi connectivity index (χ3n) is 6.56. The molecular formula is C27H19BrN6OS2. The normalized spacial score (nSPS) is 13.0. The number of pyridine rings is 1. The third kappa shape index (κ3) is 4.00. The van der Waals surface area contributed by atoms with E-state index in [-0.39, 0.29) is 11.7 Å². The summed E-state index contributed by atoms with van der Waals surface area (Å²) in [6.07, 6.45) is 4.97. The van der Waals surface area contributed by atoms with Gasteiger partial charge in [0.2, 0.25) is 5.91 Å². The Morgan fingerprint density at radius 1 is 1.05 bits per heavy atom. The lowest BCUT2D eigenvalue weighted by atomic mass is 10.0. The minimum absolute atomic E-state index is 0.104. The highest BCUT2D eigenvalue weighted by molar-refractivity contribution is 9.10. The van der Waals surface area contributed by atoms with E-state index in [9.17, 15) is 4.79 Å². The summed E-state index contributed by atoms with van der Waals surface area (Å²) >= 11 is 6.36. The van der Waals surface area contributed by atoms with Crippen LogP contribution in [0, 0.1) is 0 Å². The monoisotopic (exact) mass is 586 g/mol. The number of hydrogen-bond acceptors (Lipinski definition) is 7. The van der Waals surface area contributed by atoms with Gasteiger partial charge in [-0.25, -0.2) is 9.97 Å². The van der Waals surface area contributed by atoms with Crippen molar-refractivity contribution in [2.75, 3.05) is 11.1 Å². The van der Waals surface area contributed by atoms with Crippen molar-refractivity contribution >= 4 is 76.7 Å². The van der Waals surface area contributed by atoms with Crippen molar-refractivity contribution in [3.05, 3.63) is 76.5 Å². The lowest BCUT2D eigenvalue weighted by Gasteiger charge is -2.09. The number of halogens is 1. The Morgan fingerprint density at radius 3 is 2.70 bits per heavy atom. The predicted octanol–water partition coefficient (Wildman–Crippen LogP) is 6.54. The van der Waals surface area contributed by atoms with E-state index in [2.05, 4.69) is 55.7 Å². The number of carbonyl (C=O) groups is 1. The number of hydrogen-bond donors (Lipinski definition) is 1.